The fourth-order valence-corrected chi connectivity index (χ4v) is 5.12. The average Bonchev–Trinajstić information content (AvgIpc) is 3.49. The molecule has 31 heavy (non-hydrogen) atoms. The van der Waals surface area contributed by atoms with Crippen LogP contribution in [0.3, 0.4) is 0 Å². The van der Waals surface area contributed by atoms with Crippen molar-refractivity contribution in [2.24, 2.45) is 5.92 Å². The van der Waals surface area contributed by atoms with Crippen molar-refractivity contribution in [1.29, 1.82) is 0 Å². The Morgan fingerprint density at radius 1 is 1.42 bits per heavy atom. The highest BCUT2D eigenvalue weighted by atomic mass is 16.2. The van der Waals surface area contributed by atoms with Gasteiger partial charge >= 0.3 is 0 Å². The summed E-state index contributed by atoms with van der Waals surface area (Å²) in [7, 11) is 0. The van der Waals surface area contributed by atoms with Crippen molar-refractivity contribution in [3.05, 3.63) is 39.8 Å². The number of H-pyrrole nitrogens is 1. The molecular formula is C21H28N8O2. The van der Waals surface area contributed by atoms with Crippen LogP contribution >= 0.6 is 0 Å². The number of fused-ring (bicyclic) bond motifs is 3. The molecule has 0 aromatic carbocycles. The Morgan fingerprint density at radius 3 is 2.97 bits per heavy atom. The smallest absolute Gasteiger partial charge is 0.286 e. The van der Waals surface area contributed by atoms with E-state index in [4.69, 9.17) is 0 Å². The van der Waals surface area contributed by atoms with E-state index in [0.717, 1.165) is 37.8 Å². The van der Waals surface area contributed by atoms with E-state index < -0.39 is 17.0 Å². The van der Waals surface area contributed by atoms with E-state index in [-0.39, 0.29) is 22.8 Å². The standard InChI is InChI=1S/C21H28N8O2/c1-5-20(3,4)15-11-28(27-25-15)16-8-13-6-7-21(16,9-13)24-17(30)14-10-22-19-23-12(2)26-29(19)18(14)31/h10-11,13,16H,5-9H2,1-4H3,(H,24,30)(H,22,23,26)/t13-,16+,21+/m0/s1. The second-order valence-electron chi connectivity index (χ2n) is 9.71. The highest BCUT2D eigenvalue weighted by Gasteiger charge is 2.54. The number of hydrogen-bond acceptors (Lipinski definition) is 6. The zero-order chi connectivity index (χ0) is 22.0. The van der Waals surface area contributed by atoms with Crippen LogP contribution in [0.1, 0.15) is 80.8 Å². The van der Waals surface area contributed by atoms with Crippen molar-refractivity contribution in [3.8, 4) is 0 Å². The van der Waals surface area contributed by atoms with Crippen molar-refractivity contribution >= 4 is 11.7 Å². The fourth-order valence-electron chi connectivity index (χ4n) is 5.12. The van der Waals surface area contributed by atoms with Crippen molar-refractivity contribution in [2.75, 3.05) is 0 Å². The molecule has 2 N–H and O–H groups in total. The lowest BCUT2D eigenvalue weighted by molar-refractivity contribution is 0.0861. The summed E-state index contributed by atoms with van der Waals surface area (Å²) in [6.45, 7) is 8.20. The van der Waals surface area contributed by atoms with Gasteiger partial charge in [0.05, 0.1) is 17.3 Å². The first-order chi connectivity index (χ1) is 14.7. The van der Waals surface area contributed by atoms with Crippen LogP contribution in [0, 0.1) is 12.8 Å². The number of carbonyl (C=O) groups is 1. The molecule has 0 saturated heterocycles. The first-order valence-electron chi connectivity index (χ1n) is 10.9. The number of hydrogen-bond donors (Lipinski definition) is 2. The Kier molecular flexibility index (Phi) is 4.32. The number of nitrogens with one attached hydrogen (secondary N) is 2. The molecule has 0 radical (unpaired) electrons. The van der Waals surface area contributed by atoms with Crippen LogP contribution < -0.4 is 10.9 Å². The summed E-state index contributed by atoms with van der Waals surface area (Å²) in [4.78, 5) is 34.3. The molecule has 10 nitrogen and oxygen atoms in total. The Morgan fingerprint density at radius 2 is 2.23 bits per heavy atom. The van der Waals surface area contributed by atoms with Gasteiger partial charge in [0.25, 0.3) is 17.2 Å². The molecule has 3 aromatic heterocycles. The normalized spacial score (nSPS) is 25.4. The van der Waals surface area contributed by atoms with Gasteiger partial charge < -0.3 is 5.32 Å². The van der Waals surface area contributed by atoms with E-state index in [1.165, 1.54) is 10.7 Å². The summed E-state index contributed by atoms with van der Waals surface area (Å²) < 4.78 is 3.14. The van der Waals surface area contributed by atoms with Crippen molar-refractivity contribution in [1.82, 2.24) is 39.9 Å². The van der Waals surface area contributed by atoms with Crippen LogP contribution in [-0.4, -0.2) is 46.0 Å². The summed E-state index contributed by atoms with van der Waals surface area (Å²) in [6.07, 6.45) is 8.07. The Hall–Kier alpha value is -3.04. The maximum Gasteiger partial charge on any atom is 0.286 e. The third kappa shape index (κ3) is 3.07. The minimum Gasteiger partial charge on any atom is -0.344 e. The second-order valence-corrected chi connectivity index (χ2v) is 9.71. The predicted molar refractivity (Wildman–Crippen MR) is 113 cm³/mol. The molecule has 10 heteroatoms. The zero-order valence-electron chi connectivity index (χ0n) is 18.3. The quantitative estimate of drug-likeness (QED) is 0.645. The van der Waals surface area contributed by atoms with Crippen LogP contribution in [0.15, 0.2) is 17.2 Å². The number of amides is 1. The molecule has 0 spiro atoms. The van der Waals surface area contributed by atoms with Crippen molar-refractivity contribution in [2.45, 2.75) is 76.8 Å². The van der Waals surface area contributed by atoms with Gasteiger partial charge in [-0.15, -0.1) is 5.10 Å². The van der Waals surface area contributed by atoms with Gasteiger partial charge in [-0.1, -0.05) is 26.0 Å². The van der Waals surface area contributed by atoms with Gasteiger partial charge in [0.15, 0.2) is 0 Å². The molecule has 2 aliphatic rings. The van der Waals surface area contributed by atoms with Gasteiger partial charge in [-0.05, 0) is 44.9 Å². The monoisotopic (exact) mass is 424 g/mol. The summed E-state index contributed by atoms with van der Waals surface area (Å²) in [5, 5.41) is 14.9. The minimum absolute atomic E-state index is 0.0102. The lowest BCUT2D eigenvalue weighted by Crippen LogP contribution is -2.52. The third-order valence-electron chi connectivity index (χ3n) is 7.34. The SMILES string of the molecule is CCC(C)(C)c1cn([C@@H]2C[C@@H]3CC[C@@]2(NC(=O)c2cnc4nc(C)[nH]n4c2=O)C3)nn1. The number of nitrogens with zero attached hydrogens (tertiary/aromatic N) is 6. The molecule has 3 atom stereocenters. The number of aryl methyl sites for hydroxylation is 1. The maximum atomic E-state index is 13.2. The lowest BCUT2D eigenvalue weighted by atomic mass is 9.86. The molecule has 0 aliphatic heterocycles. The van der Waals surface area contributed by atoms with E-state index in [0.29, 0.717) is 11.7 Å². The molecule has 5 rings (SSSR count). The molecule has 3 aromatic rings. The third-order valence-corrected chi connectivity index (χ3v) is 7.34. The van der Waals surface area contributed by atoms with Crippen molar-refractivity contribution < 1.29 is 4.79 Å². The molecule has 1 amide bonds. The van der Waals surface area contributed by atoms with Crippen LogP contribution in [0.2, 0.25) is 0 Å². The highest BCUT2D eigenvalue weighted by Crippen LogP contribution is 2.53. The van der Waals surface area contributed by atoms with Gasteiger partial charge in [0.1, 0.15) is 11.4 Å². The minimum atomic E-state index is -0.448. The van der Waals surface area contributed by atoms with Crippen molar-refractivity contribution in [3.63, 3.8) is 0 Å². The Balaban J connectivity index is 1.46. The molecule has 2 fully saturated rings. The average molecular weight is 425 g/mol. The first-order valence-corrected chi connectivity index (χ1v) is 10.9. The number of aromatic nitrogens is 7. The topological polar surface area (TPSA) is 123 Å². The highest BCUT2D eigenvalue weighted by molar-refractivity contribution is 5.94. The molecule has 2 bridgehead atoms. The van der Waals surface area contributed by atoms with Gasteiger partial charge in [-0.25, -0.2) is 9.67 Å². The van der Waals surface area contributed by atoms with Crippen LogP contribution in [0.5, 0.6) is 0 Å². The second kappa shape index (κ2) is 6.73. The van der Waals surface area contributed by atoms with Gasteiger partial charge in [0.2, 0.25) is 0 Å². The number of aromatic amines is 1. The lowest BCUT2D eigenvalue weighted by Gasteiger charge is -2.35. The van der Waals surface area contributed by atoms with Gasteiger partial charge in [-0.3, -0.25) is 14.7 Å². The summed E-state index contributed by atoms with van der Waals surface area (Å²) in [6, 6.07) is 0.0259. The van der Waals surface area contributed by atoms with Crippen LogP contribution in [-0.2, 0) is 5.41 Å². The van der Waals surface area contributed by atoms with E-state index in [9.17, 15) is 9.59 Å². The van der Waals surface area contributed by atoms with E-state index in [1.54, 1.807) is 6.92 Å². The van der Waals surface area contributed by atoms with Gasteiger partial charge in [0, 0.05) is 17.8 Å². The largest absolute Gasteiger partial charge is 0.344 e. The summed E-state index contributed by atoms with van der Waals surface area (Å²) in [5.74, 6) is 0.952. The van der Waals surface area contributed by atoms with E-state index in [2.05, 4.69) is 51.5 Å². The zero-order valence-corrected chi connectivity index (χ0v) is 18.3. The molecule has 3 heterocycles. The van der Waals surface area contributed by atoms with Crippen LogP contribution in [0.25, 0.3) is 5.78 Å². The summed E-state index contributed by atoms with van der Waals surface area (Å²) >= 11 is 0. The molecule has 2 saturated carbocycles. The van der Waals surface area contributed by atoms with E-state index in [1.807, 2.05) is 10.9 Å². The first kappa shape index (κ1) is 19.9. The number of rotatable bonds is 5. The van der Waals surface area contributed by atoms with E-state index >= 15 is 0 Å². The fraction of sp³-hybridized carbons (Fsp3) is 0.619. The summed E-state index contributed by atoms with van der Waals surface area (Å²) in [5.41, 5.74) is 0.0395. The molecule has 0 unspecified atom stereocenters. The van der Waals surface area contributed by atoms with Gasteiger partial charge in [-0.2, -0.15) is 9.50 Å². The Bertz CT molecular complexity index is 1220. The van der Waals surface area contributed by atoms with Crippen LogP contribution in [0.4, 0.5) is 0 Å². The molecule has 164 valence electrons. The maximum absolute atomic E-state index is 13.2. The number of carbonyl (C=O) groups excluding carboxylic acids is 1. The predicted octanol–water partition coefficient (Wildman–Crippen LogP) is 1.92. The molecule has 2 aliphatic carbocycles. The molecular weight excluding hydrogens is 396 g/mol. The Labute approximate surface area is 179 Å².